The Labute approximate surface area is 591 Å². The van der Waals surface area contributed by atoms with Crippen molar-refractivity contribution in [1.82, 2.24) is 0 Å². The van der Waals surface area contributed by atoms with E-state index in [4.69, 9.17) is 165 Å². The van der Waals surface area contributed by atoms with Crippen molar-refractivity contribution in [3.05, 3.63) is 0 Å². The second-order valence-corrected chi connectivity index (χ2v) is 26.7. The van der Waals surface area contributed by atoms with Crippen LogP contribution in [0.5, 0.6) is 0 Å². The highest BCUT2D eigenvalue weighted by Crippen LogP contribution is 2.43. The minimum atomic E-state index is -4.15. The molecule has 21 saturated heterocycles. The van der Waals surface area contributed by atoms with E-state index in [1.807, 2.05) is 0 Å². The highest BCUT2D eigenvalue weighted by Gasteiger charge is 2.62. The molecule has 21 aliphatic rings. The van der Waals surface area contributed by atoms with Gasteiger partial charge in [0.2, 0.25) is 0 Å². The molecule has 0 aromatic carbocycles. The maximum absolute atomic E-state index is 12.9. The predicted octanol–water partition coefficient (Wildman–Crippen LogP) is -2.16. The molecule has 37 nitrogen and oxygen atoms in total. The Morgan fingerprint density at radius 3 is 0.436 bits per heavy atom. The Morgan fingerprint density at radius 2 is 0.327 bits per heavy atom. The fraction of sp³-hybridized carbons (Fsp3) is 1.00. The van der Waals surface area contributed by atoms with Gasteiger partial charge in [0.25, 0.3) is 10.1 Å². The monoisotopic (exact) mass is 1490 g/mol. The molecule has 0 unspecified atom stereocenters. The van der Waals surface area contributed by atoms with Crippen LogP contribution in [-0.2, 0) is 175 Å². The molecule has 38 heteroatoms. The third kappa shape index (κ3) is 19.2. The smallest absolute Gasteiger partial charge is 0.264 e. The van der Waals surface area contributed by atoms with Crippen molar-refractivity contribution >= 4 is 10.1 Å². The average Bonchev–Trinajstić information content (AvgIpc) is 0.778. The van der Waals surface area contributed by atoms with Crippen LogP contribution in [0.1, 0.15) is 0 Å². The molecule has 21 rings (SSSR count). The summed E-state index contributed by atoms with van der Waals surface area (Å²) in [6.07, 6.45) is -38.2. The van der Waals surface area contributed by atoms with Crippen LogP contribution in [0.3, 0.4) is 0 Å². The normalized spacial score (nSPS) is 45.2. The van der Waals surface area contributed by atoms with Crippen molar-refractivity contribution in [1.29, 1.82) is 0 Å². The minimum Gasteiger partial charge on any atom is -0.382 e. The van der Waals surface area contributed by atoms with Gasteiger partial charge in [0, 0.05) is 142 Å². The number of rotatable bonds is 29. The summed E-state index contributed by atoms with van der Waals surface area (Å²) >= 11 is 0. The Kier molecular flexibility index (Phi) is 34.4. The standard InChI is InChI=1S/C63H112O37S/c1-66-22-29-36-43(72-7)51(80-15)58(88-29)96-38-31(24-68-3)90-60(53(82-17)45(38)74-9)98-40-33(26-70-5)92-62(55(84-19)47(40)76-11)100-42-35(28-86-101(21,64)65)93-63(56(85-20)49(42)78-13)99-41-34(27-71-6)91-61(54(83-18)48(41)77-12)97-39-32(25-69-4)89-59(52(81-16)46(39)75-10)95-37-30(23-67-2)87-57(94-36)50(79-14)44(37)73-8/h29-63H,22-28H2,1-21H3/t29-,30+,31-,32+,33-,34+,35-,36+,37+,38+,39+,40+,41+,42+,43-,44-,45-,46-,47-,48+,49-,50+,51+,52-,53+,54-,55+,56+,57+,58+,59+,60+,61+,62+,63+/m0/s1. The van der Waals surface area contributed by atoms with E-state index in [2.05, 4.69) is 0 Å². The van der Waals surface area contributed by atoms with E-state index in [0.29, 0.717) is 0 Å². The van der Waals surface area contributed by atoms with E-state index in [1.54, 1.807) is 0 Å². The SMILES string of the molecule is COC[C@@H]1O[C@@H]2O[C@H]3[C@H](OC)[C@@H](OC)[C@@H](O[C@H]4[C@@H](OC)[C@H](OC)[C@@H](O[C@H]5[C@H](OC)[C@H](OC)[C@@H](O[C@H]6[C@H](OC)[C@@H](OC)[C@@H](O[C@H]7[C@H](OC)[C@@H](OC)[C@@H](O[C@H]8[C@H](OC)[C@@H](OC)[C@@H](O[C@H]1[C@H](OC)[C@H]2OC)O[C@H]8COC)O[C@H]7COC)O[C@@H]6COC)O[C@@H]5COC)O[C@@H]4COC)O[C@H]3COS(C)(=O)=O. The molecule has 14 bridgehead atoms. The molecule has 0 spiro atoms. The van der Waals surface area contributed by atoms with Crippen molar-refractivity contribution in [2.24, 2.45) is 0 Å². The Morgan fingerprint density at radius 1 is 0.198 bits per heavy atom. The van der Waals surface area contributed by atoms with Crippen molar-refractivity contribution in [3.8, 4) is 0 Å². The second kappa shape index (κ2) is 40.8. The van der Waals surface area contributed by atoms with Crippen LogP contribution in [0.15, 0.2) is 0 Å². The Hall–Kier alpha value is -1.45. The third-order valence-electron chi connectivity index (χ3n) is 19.4. The van der Waals surface area contributed by atoms with E-state index in [0.717, 1.165) is 6.26 Å². The lowest BCUT2D eigenvalue weighted by Crippen LogP contribution is -2.69. The topological polar surface area (TPSA) is 357 Å². The van der Waals surface area contributed by atoms with E-state index < -0.39 is 232 Å². The average molecular weight is 1490 g/mol. The molecular weight excluding hydrogens is 1380 g/mol. The first-order valence-corrected chi connectivity index (χ1v) is 35.0. The van der Waals surface area contributed by atoms with Gasteiger partial charge in [0.15, 0.2) is 44.0 Å². The van der Waals surface area contributed by atoms with Gasteiger partial charge in [-0.3, -0.25) is 4.18 Å². The maximum Gasteiger partial charge on any atom is 0.264 e. The molecule has 0 aromatic rings. The van der Waals surface area contributed by atoms with E-state index in [9.17, 15) is 8.42 Å². The molecule has 101 heavy (non-hydrogen) atoms. The first-order valence-electron chi connectivity index (χ1n) is 33.2. The van der Waals surface area contributed by atoms with Gasteiger partial charge in [0.05, 0.1) is 52.5 Å². The lowest BCUT2D eigenvalue weighted by atomic mass is 9.94. The summed E-state index contributed by atoms with van der Waals surface area (Å²) in [5.74, 6) is 0. The number of methoxy groups -OCH3 is 20. The van der Waals surface area contributed by atoms with Crippen molar-refractivity contribution in [2.45, 2.75) is 215 Å². The molecule has 21 heterocycles. The molecule has 0 saturated carbocycles. The van der Waals surface area contributed by atoms with Crippen LogP contribution >= 0.6 is 0 Å². The fourth-order valence-corrected chi connectivity index (χ4v) is 15.3. The first-order chi connectivity index (χ1) is 48.8. The van der Waals surface area contributed by atoms with Gasteiger partial charge < -0.3 is 161 Å². The molecule has 592 valence electrons. The summed E-state index contributed by atoms with van der Waals surface area (Å²) < 4.78 is 251. The molecule has 0 amide bonds. The van der Waals surface area contributed by atoms with Crippen molar-refractivity contribution < 1.29 is 174 Å². The molecular formula is C63H112O37S. The largest absolute Gasteiger partial charge is 0.382 e. The zero-order valence-corrected chi connectivity index (χ0v) is 62.5. The van der Waals surface area contributed by atoms with E-state index in [-0.39, 0.29) is 39.6 Å². The molecule has 21 aliphatic heterocycles. The minimum absolute atomic E-state index is 0.0615. The van der Waals surface area contributed by atoms with Crippen molar-refractivity contribution in [2.75, 3.05) is 195 Å². The summed E-state index contributed by atoms with van der Waals surface area (Å²) in [5.41, 5.74) is 0. The van der Waals surface area contributed by atoms with Gasteiger partial charge >= 0.3 is 0 Å². The van der Waals surface area contributed by atoms with Crippen LogP contribution < -0.4 is 0 Å². The lowest BCUT2D eigenvalue weighted by Gasteiger charge is -2.52. The molecule has 21 fully saturated rings. The van der Waals surface area contributed by atoms with Gasteiger partial charge in [0.1, 0.15) is 171 Å². The summed E-state index contributed by atoms with van der Waals surface area (Å²) in [6.45, 7) is -1.16. The zero-order valence-electron chi connectivity index (χ0n) is 61.7. The highest BCUT2D eigenvalue weighted by atomic mass is 32.2. The summed E-state index contributed by atoms with van der Waals surface area (Å²) in [7, 11) is 25.2. The van der Waals surface area contributed by atoms with Crippen LogP contribution in [0.25, 0.3) is 0 Å². The maximum atomic E-state index is 12.9. The Bertz CT molecular complexity index is 2440. The molecule has 0 aromatic heterocycles. The third-order valence-corrected chi connectivity index (χ3v) is 20.0. The second-order valence-electron chi connectivity index (χ2n) is 25.0. The molecule has 0 radical (unpaired) electrons. The highest BCUT2D eigenvalue weighted by molar-refractivity contribution is 7.86. The van der Waals surface area contributed by atoms with Crippen LogP contribution in [0.4, 0.5) is 0 Å². The fourth-order valence-electron chi connectivity index (χ4n) is 14.9. The van der Waals surface area contributed by atoms with Gasteiger partial charge in [-0.1, -0.05) is 0 Å². The van der Waals surface area contributed by atoms with Crippen molar-refractivity contribution in [3.63, 3.8) is 0 Å². The summed E-state index contributed by atoms with van der Waals surface area (Å²) in [5, 5.41) is 0. The summed E-state index contributed by atoms with van der Waals surface area (Å²) in [4.78, 5) is 0. The number of hydrogen-bond donors (Lipinski definition) is 0. The van der Waals surface area contributed by atoms with Gasteiger partial charge in [-0.2, -0.15) is 8.42 Å². The van der Waals surface area contributed by atoms with Crippen LogP contribution in [-0.4, -0.2) is 418 Å². The molecule has 35 atom stereocenters. The summed E-state index contributed by atoms with van der Waals surface area (Å²) in [6, 6.07) is 0. The van der Waals surface area contributed by atoms with Crippen LogP contribution in [0.2, 0.25) is 0 Å². The van der Waals surface area contributed by atoms with E-state index >= 15 is 0 Å². The lowest BCUT2D eigenvalue weighted by molar-refractivity contribution is -0.402. The van der Waals surface area contributed by atoms with Gasteiger partial charge in [-0.25, -0.2) is 0 Å². The Balaban J connectivity index is 1.25. The van der Waals surface area contributed by atoms with Crippen LogP contribution in [0, 0.1) is 0 Å². The quantitative estimate of drug-likeness (QED) is 0.0720. The predicted molar refractivity (Wildman–Crippen MR) is 338 cm³/mol. The number of hydrogen-bond acceptors (Lipinski definition) is 37. The molecule has 0 aliphatic carbocycles. The van der Waals surface area contributed by atoms with E-state index in [1.165, 1.54) is 142 Å². The molecule has 0 N–H and O–H groups in total. The zero-order chi connectivity index (χ0) is 73.4. The number of ether oxygens (including phenoxy) is 34. The van der Waals surface area contributed by atoms with Gasteiger partial charge in [-0.15, -0.1) is 0 Å². The van der Waals surface area contributed by atoms with Gasteiger partial charge in [-0.05, 0) is 0 Å². The first kappa shape index (κ1) is 85.2.